The lowest BCUT2D eigenvalue weighted by atomic mass is 10.3. The van der Waals surface area contributed by atoms with Gasteiger partial charge in [0.15, 0.2) is 16.4 Å². The molecule has 0 radical (unpaired) electrons. The van der Waals surface area contributed by atoms with Crippen molar-refractivity contribution < 1.29 is 12.8 Å². The fourth-order valence-corrected chi connectivity index (χ4v) is 4.45. The van der Waals surface area contributed by atoms with E-state index in [9.17, 15) is 12.8 Å². The van der Waals surface area contributed by atoms with Crippen molar-refractivity contribution in [3.8, 4) is 0 Å². The topological polar surface area (TPSA) is 88.4 Å². The first-order valence-corrected chi connectivity index (χ1v) is 9.57. The zero-order valence-electron chi connectivity index (χ0n) is 14.3. The second kappa shape index (κ2) is 6.82. The van der Waals surface area contributed by atoms with Crippen LogP contribution in [0.2, 0.25) is 5.02 Å². The highest BCUT2D eigenvalue weighted by molar-refractivity contribution is 7.91. The Morgan fingerprint density at radius 1 is 1.27 bits per heavy atom. The van der Waals surface area contributed by atoms with Gasteiger partial charge in [-0.2, -0.15) is 0 Å². The SMILES string of the molecule is CNCc1cc(C)nc2c(S(=O)(=O)c3ccc(F)c(Cl)c3)c(NC)nn12. The van der Waals surface area contributed by atoms with E-state index in [0.29, 0.717) is 12.2 Å². The van der Waals surface area contributed by atoms with E-state index in [0.717, 1.165) is 17.8 Å². The molecule has 0 unspecified atom stereocenters. The van der Waals surface area contributed by atoms with Gasteiger partial charge in [0.2, 0.25) is 9.84 Å². The Balaban J connectivity index is 2.34. The maximum Gasteiger partial charge on any atom is 0.214 e. The molecular formula is C16H17ClFN5O2S. The average molecular weight is 398 g/mol. The molecule has 10 heteroatoms. The molecule has 0 aliphatic rings. The zero-order chi connectivity index (χ0) is 19.1. The van der Waals surface area contributed by atoms with Gasteiger partial charge in [0.25, 0.3) is 0 Å². The highest BCUT2D eigenvalue weighted by Gasteiger charge is 2.29. The second-order valence-electron chi connectivity index (χ2n) is 5.66. The van der Waals surface area contributed by atoms with E-state index in [1.807, 2.05) is 6.07 Å². The lowest BCUT2D eigenvalue weighted by Gasteiger charge is -2.07. The van der Waals surface area contributed by atoms with Crippen molar-refractivity contribution in [3.63, 3.8) is 0 Å². The fourth-order valence-electron chi connectivity index (χ4n) is 2.67. The smallest absolute Gasteiger partial charge is 0.214 e. The molecule has 0 aliphatic heterocycles. The van der Waals surface area contributed by atoms with Crippen molar-refractivity contribution in [2.45, 2.75) is 23.3 Å². The molecule has 138 valence electrons. The standard InChI is InChI=1S/C16H17ClFN5O2S/c1-9-6-10(8-19-2)23-16(21-9)14(15(20-3)22-23)26(24,25)11-4-5-13(18)12(17)7-11/h4-7,19H,8H2,1-3H3,(H,20,22). The van der Waals surface area contributed by atoms with E-state index in [4.69, 9.17) is 11.6 Å². The maximum absolute atomic E-state index is 13.4. The summed E-state index contributed by atoms with van der Waals surface area (Å²) in [7, 11) is -0.680. The quantitative estimate of drug-likeness (QED) is 0.643. The lowest BCUT2D eigenvalue weighted by Crippen LogP contribution is -2.12. The van der Waals surface area contributed by atoms with Crippen molar-refractivity contribution in [2.75, 3.05) is 19.4 Å². The minimum absolute atomic E-state index is 0.0799. The van der Waals surface area contributed by atoms with Gasteiger partial charge in [0, 0.05) is 19.3 Å². The number of anilines is 1. The Hall–Kier alpha value is -2.23. The molecule has 0 amide bonds. The largest absolute Gasteiger partial charge is 0.370 e. The molecular weight excluding hydrogens is 381 g/mol. The Morgan fingerprint density at radius 2 is 2.00 bits per heavy atom. The van der Waals surface area contributed by atoms with Crippen LogP contribution in [-0.2, 0) is 16.4 Å². The highest BCUT2D eigenvalue weighted by atomic mass is 35.5. The zero-order valence-corrected chi connectivity index (χ0v) is 15.9. The van der Waals surface area contributed by atoms with E-state index < -0.39 is 15.7 Å². The molecule has 2 heterocycles. The molecule has 0 aliphatic carbocycles. The number of aromatic nitrogens is 3. The van der Waals surface area contributed by atoms with Gasteiger partial charge in [-0.3, -0.25) is 0 Å². The number of sulfone groups is 1. The van der Waals surface area contributed by atoms with Crippen molar-refractivity contribution in [3.05, 3.63) is 46.5 Å². The number of fused-ring (bicyclic) bond motifs is 1. The molecule has 0 bridgehead atoms. The summed E-state index contributed by atoms with van der Waals surface area (Å²) in [5.74, 6) is -0.537. The van der Waals surface area contributed by atoms with Crippen LogP contribution < -0.4 is 10.6 Å². The number of hydrogen-bond donors (Lipinski definition) is 2. The second-order valence-corrected chi connectivity index (χ2v) is 7.96. The molecule has 0 saturated carbocycles. The number of aryl methyl sites for hydroxylation is 1. The van der Waals surface area contributed by atoms with Crippen LogP contribution in [0.15, 0.2) is 34.1 Å². The molecule has 3 aromatic rings. The minimum Gasteiger partial charge on any atom is -0.370 e. The summed E-state index contributed by atoms with van der Waals surface area (Å²) in [6.07, 6.45) is 0. The minimum atomic E-state index is -4.03. The van der Waals surface area contributed by atoms with Crippen LogP contribution in [0.5, 0.6) is 0 Å². The van der Waals surface area contributed by atoms with Gasteiger partial charge in [-0.25, -0.2) is 22.3 Å². The Morgan fingerprint density at radius 3 is 2.62 bits per heavy atom. The van der Waals surface area contributed by atoms with Gasteiger partial charge < -0.3 is 10.6 Å². The maximum atomic E-state index is 13.4. The van der Waals surface area contributed by atoms with Gasteiger partial charge in [-0.1, -0.05) is 11.6 Å². The molecule has 2 aromatic heterocycles. The molecule has 3 rings (SSSR count). The Labute approximate surface area is 155 Å². The predicted octanol–water partition coefficient (Wildman–Crippen LogP) is 2.42. The normalized spacial score (nSPS) is 11.9. The van der Waals surface area contributed by atoms with Crippen LogP contribution in [0.4, 0.5) is 10.2 Å². The van der Waals surface area contributed by atoms with E-state index in [-0.39, 0.29) is 26.3 Å². The van der Waals surface area contributed by atoms with Crippen LogP contribution in [0, 0.1) is 12.7 Å². The van der Waals surface area contributed by atoms with E-state index in [1.165, 1.54) is 10.6 Å². The van der Waals surface area contributed by atoms with Gasteiger partial charge in [-0.15, -0.1) is 5.10 Å². The van der Waals surface area contributed by atoms with Gasteiger partial charge in [0.05, 0.1) is 15.6 Å². The first-order chi connectivity index (χ1) is 12.3. The summed E-state index contributed by atoms with van der Waals surface area (Å²) >= 11 is 5.77. The molecule has 0 spiro atoms. The molecule has 0 saturated heterocycles. The average Bonchev–Trinajstić information content (AvgIpc) is 2.96. The third kappa shape index (κ3) is 3.02. The summed E-state index contributed by atoms with van der Waals surface area (Å²) in [4.78, 5) is 4.15. The molecule has 0 fully saturated rings. The molecule has 7 nitrogen and oxygen atoms in total. The summed E-state index contributed by atoms with van der Waals surface area (Å²) in [5.41, 5.74) is 1.60. The van der Waals surface area contributed by atoms with Crippen molar-refractivity contribution >= 4 is 32.9 Å². The van der Waals surface area contributed by atoms with Gasteiger partial charge in [0.1, 0.15) is 5.82 Å². The predicted molar refractivity (Wildman–Crippen MR) is 96.9 cm³/mol. The van der Waals surface area contributed by atoms with E-state index in [1.54, 1.807) is 21.0 Å². The van der Waals surface area contributed by atoms with Crippen LogP contribution >= 0.6 is 11.6 Å². The van der Waals surface area contributed by atoms with Crippen LogP contribution in [0.3, 0.4) is 0 Å². The third-order valence-electron chi connectivity index (χ3n) is 3.81. The van der Waals surface area contributed by atoms with Crippen molar-refractivity contribution in [1.29, 1.82) is 0 Å². The fraction of sp³-hybridized carbons (Fsp3) is 0.250. The lowest BCUT2D eigenvalue weighted by molar-refractivity contribution is 0.595. The number of nitrogens with one attached hydrogen (secondary N) is 2. The van der Waals surface area contributed by atoms with Gasteiger partial charge in [-0.05, 0) is 38.2 Å². The van der Waals surface area contributed by atoms with Crippen molar-refractivity contribution in [2.24, 2.45) is 0 Å². The monoisotopic (exact) mass is 397 g/mol. The number of nitrogens with zero attached hydrogens (tertiary/aromatic N) is 3. The van der Waals surface area contributed by atoms with E-state index >= 15 is 0 Å². The van der Waals surface area contributed by atoms with Crippen LogP contribution in [0.25, 0.3) is 5.65 Å². The van der Waals surface area contributed by atoms with Crippen LogP contribution in [-0.4, -0.2) is 37.1 Å². The Bertz CT molecular complexity index is 1100. The first kappa shape index (κ1) is 18.6. The molecule has 26 heavy (non-hydrogen) atoms. The van der Waals surface area contributed by atoms with E-state index in [2.05, 4.69) is 20.7 Å². The number of benzene rings is 1. The van der Waals surface area contributed by atoms with Gasteiger partial charge >= 0.3 is 0 Å². The van der Waals surface area contributed by atoms with Crippen molar-refractivity contribution in [1.82, 2.24) is 19.9 Å². The number of rotatable bonds is 5. The number of hydrogen-bond acceptors (Lipinski definition) is 6. The number of halogens is 2. The summed E-state index contributed by atoms with van der Waals surface area (Å²) in [6.45, 7) is 2.25. The highest BCUT2D eigenvalue weighted by Crippen LogP contribution is 2.32. The molecule has 0 atom stereocenters. The summed E-state index contributed by atoms with van der Waals surface area (Å²) in [5, 5.41) is 9.88. The Kier molecular flexibility index (Phi) is 4.87. The molecule has 1 aromatic carbocycles. The first-order valence-electron chi connectivity index (χ1n) is 7.71. The summed E-state index contributed by atoms with van der Waals surface area (Å²) < 4.78 is 41.3. The molecule has 2 N–H and O–H groups in total. The van der Waals surface area contributed by atoms with Crippen LogP contribution in [0.1, 0.15) is 11.4 Å². The summed E-state index contributed by atoms with van der Waals surface area (Å²) in [6, 6.07) is 5.09. The third-order valence-corrected chi connectivity index (χ3v) is 5.89.